The lowest BCUT2D eigenvalue weighted by atomic mass is 9.82. The Morgan fingerprint density at radius 3 is 2.65 bits per heavy atom. The van der Waals surface area contributed by atoms with Crippen molar-refractivity contribution in [3.05, 3.63) is 22.6 Å². The summed E-state index contributed by atoms with van der Waals surface area (Å²) in [5, 5.41) is 3.31. The van der Waals surface area contributed by atoms with Crippen molar-refractivity contribution in [2.24, 2.45) is 11.7 Å². The summed E-state index contributed by atoms with van der Waals surface area (Å²) in [4.78, 5) is 39.3. The predicted octanol–water partition coefficient (Wildman–Crippen LogP) is -0.573. The molecule has 0 aromatic carbocycles. The third-order valence-electron chi connectivity index (χ3n) is 5.80. The van der Waals surface area contributed by atoms with Crippen LogP contribution in [0.15, 0.2) is 22.6 Å². The van der Waals surface area contributed by atoms with Crippen LogP contribution in [-0.2, 0) is 23.8 Å². The van der Waals surface area contributed by atoms with Crippen LogP contribution in [0.25, 0.3) is 0 Å². The lowest BCUT2D eigenvalue weighted by molar-refractivity contribution is -0.137. The molecule has 9 nitrogen and oxygen atoms in total. The van der Waals surface area contributed by atoms with E-state index in [-0.39, 0.29) is 41.6 Å². The van der Waals surface area contributed by atoms with Crippen LogP contribution in [0.3, 0.4) is 0 Å². The number of nitrogens with two attached hydrogens (primary N) is 1. The molecule has 2 fully saturated rings. The molecule has 3 N–H and O–H groups in total. The van der Waals surface area contributed by atoms with Gasteiger partial charge < -0.3 is 30.2 Å². The molecule has 26 heavy (non-hydrogen) atoms. The van der Waals surface area contributed by atoms with Crippen molar-refractivity contribution in [2.45, 2.75) is 31.2 Å². The van der Waals surface area contributed by atoms with Gasteiger partial charge in [-0.25, -0.2) is 4.79 Å². The molecule has 0 aromatic rings. The van der Waals surface area contributed by atoms with E-state index in [0.717, 1.165) is 0 Å². The fourth-order valence-electron chi connectivity index (χ4n) is 4.74. The van der Waals surface area contributed by atoms with E-state index < -0.39 is 17.7 Å². The van der Waals surface area contributed by atoms with Crippen LogP contribution in [0.1, 0.15) is 13.3 Å². The Morgan fingerprint density at radius 2 is 2.08 bits per heavy atom. The first-order chi connectivity index (χ1) is 12.4. The van der Waals surface area contributed by atoms with E-state index in [2.05, 4.69) is 5.32 Å². The Balaban J connectivity index is 1.85. The molecule has 0 unspecified atom stereocenters. The number of ketones is 2. The summed E-state index contributed by atoms with van der Waals surface area (Å²) in [6.45, 7) is 2.20. The summed E-state index contributed by atoms with van der Waals surface area (Å²) in [5.41, 5.74) is 5.14. The van der Waals surface area contributed by atoms with E-state index >= 15 is 0 Å². The number of carbonyl (C=O) groups is 3. The van der Waals surface area contributed by atoms with Gasteiger partial charge in [-0.3, -0.25) is 9.59 Å². The predicted molar refractivity (Wildman–Crippen MR) is 87.5 cm³/mol. The number of amides is 1. The highest BCUT2D eigenvalue weighted by Crippen LogP contribution is 2.56. The zero-order valence-corrected chi connectivity index (χ0v) is 14.8. The smallest absolute Gasteiger partial charge is 0.404 e. The van der Waals surface area contributed by atoms with Crippen LogP contribution < -0.4 is 11.1 Å². The normalized spacial score (nSPS) is 34.7. The van der Waals surface area contributed by atoms with Gasteiger partial charge in [-0.05, 0) is 6.42 Å². The van der Waals surface area contributed by atoms with Gasteiger partial charge in [-0.1, -0.05) is 6.92 Å². The molecule has 4 aliphatic rings. The third kappa shape index (κ3) is 1.89. The van der Waals surface area contributed by atoms with E-state index in [4.69, 9.17) is 19.9 Å². The van der Waals surface area contributed by atoms with Gasteiger partial charge in [0.1, 0.15) is 6.61 Å². The Hall–Kier alpha value is -2.39. The summed E-state index contributed by atoms with van der Waals surface area (Å²) < 4.78 is 16.2. The summed E-state index contributed by atoms with van der Waals surface area (Å²) >= 11 is 0. The van der Waals surface area contributed by atoms with Gasteiger partial charge in [-0.2, -0.15) is 0 Å². The number of primary amides is 1. The largest absolute Gasteiger partial charge is 0.492 e. The molecule has 1 amide bonds. The van der Waals surface area contributed by atoms with E-state index in [1.807, 2.05) is 4.90 Å². The molecule has 4 rings (SSSR count). The van der Waals surface area contributed by atoms with Crippen LogP contribution in [0.5, 0.6) is 0 Å². The third-order valence-corrected chi connectivity index (χ3v) is 5.80. The Bertz CT molecular complexity index is 787. The second-order valence-corrected chi connectivity index (χ2v) is 6.79. The van der Waals surface area contributed by atoms with Gasteiger partial charge >= 0.3 is 6.09 Å². The van der Waals surface area contributed by atoms with Crippen LogP contribution >= 0.6 is 0 Å². The number of Topliss-reactive ketones (excluding diaryl/α,β-unsaturated/α-hetero) is 2. The highest BCUT2D eigenvalue weighted by molar-refractivity contribution is 6.25. The Labute approximate surface area is 150 Å². The van der Waals surface area contributed by atoms with Crippen molar-refractivity contribution < 1.29 is 28.6 Å². The standard InChI is InChI=1S/C17H21N3O6/c1-4-7-12(21)11-10(13(22)14(7)24-2)8(6-26-16(18)23)17(25-3)15-9(19-15)5-20(11)17/h8-9,15,19H,4-6H2,1-3H3,(H2,18,23)/t8-,9+,15+,17-/m1/s1. The van der Waals surface area contributed by atoms with Gasteiger partial charge in [0.15, 0.2) is 11.5 Å². The minimum atomic E-state index is -0.960. The second kappa shape index (κ2) is 5.55. The molecule has 0 radical (unpaired) electrons. The van der Waals surface area contributed by atoms with Gasteiger partial charge in [-0.15, -0.1) is 0 Å². The van der Waals surface area contributed by atoms with Crippen molar-refractivity contribution in [1.82, 2.24) is 10.2 Å². The van der Waals surface area contributed by atoms with Gasteiger partial charge in [0, 0.05) is 30.8 Å². The topological polar surface area (TPSA) is 130 Å². The molecule has 0 aromatic heterocycles. The molecule has 9 heteroatoms. The lowest BCUT2D eigenvalue weighted by Crippen LogP contribution is -2.55. The maximum absolute atomic E-state index is 13.2. The molecule has 0 saturated carbocycles. The molecular formula is C17H21N3O6. The minimum Gasteiger partial charge on any atom is -0.492 e. The van der Waals surface area contributed by atoms with E-state index in [1.165, 1.54) is 14.2 Å². The van der Waals surface area contributed by atoms with Gasteiger partial charge in [0.2, 0.25) is 11.6 Å². The summed E-state index contributed by atoms with van der Waals surface area (Å²) in [7, 11) is 2.91. The van der Waals surface area contributed by atoms with Crippen LogP contribution in [0.2, 0.25) is 0 Å². The van der Waals surface area contributed by atoms with Crippen molar-refractivity contribution in [1.29, 1.82) is 0 Å². The molecule has 140 valence electrons. The van der Waals surface area contributed by atoms with Crippen molar-refractivity contribution >= 4 is 17.7 Å². The maximum atomic E-state index is 13.2. The number of nitrogens with one attached hydrogen (secondary N) is 1. The summed E-state index contributed by atoms with van der Waals surface area (Å²) in [5.74, 6) is -1.18. The first kappa shape index (κ1) is 17.0. The number of piperazine rings is 1. The Morgan fingerprint density at radius 1 is 1.35 bits per heavy atom. The second-order valence-electron chi connectivity index (χ2n) is 6.79. The SMILES string of the molecule is CCC1=C(OC)C(=O)C2=C(C1=O)N1C[C@@H]3N[C@@H]3[C@]1(OC)[C@@H]2COC(N)=O. The Kier molecular flexibility index (Phi) is 3.64. The molecule has 0 spiro atoms. The molecular weight excluding hydrogens is 342 g/mol. The lowest BCUT2D eigenvalue weighted by Gasteiger charge is -2.39. The van der Waals surface area contributed by atoms with Gasteiger partial charge in [0.05, 0.1) is 24.8 Å². The van der Waals surface area contributed by atoms with E-state index in [9.17, 15) is 14.4 Å². The van der Waals surface area contributed by atoms with Crippen molar-refractivity contribution in [3.8, 4) is 0 Å². The quantitative estimate of drug-likeness (QED) is 0.490. The summed E-state index contributed by atoms with van der Waals surface area (Å²) in [6, 6.07) is 0.108. The first-order valence-electron chi connectivity index (χ1n) is 8.54. The van der Waals surface area contributed by atoms with Crippen molar-refractivity contribution in [2.75, 3.05) is 27.4 Å². The molecule has 3 aliphatic heterocycles. The minimum absolute atomic E-state index is 0.0491. The van der Waals surface area contributed by atoms with E-state index in [0.29, 0.717) is 24.2 Å². The molecule has 4 atom stereocenters. The van der Waals surface area contributed by atoms with Crippen LogP contribution in [0.4, 0.5) is 4.79 Å². The fourth-order valence-corrected chi connectivity index (χ4v) is 4.74. The molecule has 0 bridgehead atoms. The average Bonchev–Trinajstić information content (AvgIpc) is 3.22. The number of hydrogen-bond acceptors (Lipinski definition) is 8. The van der Waals surface area contributed by atoms with Gasteiger partial charge in [0.25, 0.3) is 0 Å². The van der Waals surface area contributed by atoms with Crippen LogP contribution in [-0.4, -0.2) is 67.7 Å². The number of carbonyl (C=O) groups excluding carboxylic acids is 3. The number of allylic oxidation sites excluding steroid dienone is 2. The highest BCUT2D eigenvalue weighted by atomic mass is 16.6. The molecule has 2 saturated heterocycles. The number of ether oxygens (including phenoxy) is 3. The monoisotopic (exact) mass is 363 g/mol. The fraction of sp³-hybridized carbons (Fsp3) is 0.588. The average molecular weight is 363 g/mol. The number of nitrogens with zero attached hydrogens (tertiary/aromatic N) is 1. The number of rotatable bonds is 5. The van der Waals surface area contributed by atoms with Crippen LogP contribution in [0, 0.1) is 5.92 Å². The molecule has 3 heterocycles. The first-order valence-corrected chi connectivity index (χ1v) is 8.54. The number of hydrogen-bond donors (Lipinski definition) is 2. The molecule has 1 aliphatic carbocycles. The van der Waals surface area contributed by atoms with E-state index in [1.54, 1.807) is 6.92 Å². The van der Waals surface area contributed by atoms with Crippen molar-refractivity contribution in [3.63, 3.8) is 0 Å². The highest BCUT2D eigenvalue weighted by Gasteiger charge is 2.72. The number of methoxy groups -OCH3 is 2. The summed E-state index contributed by atoms with van der Waals surface area (Å²) in [6.07, 6.45) is -0.562. The number of fused-ring (bicyclic) bond motifs is 4. The maximum Gasteiger partial charge on any atom is 0.404 e. The zero-order valence-electron chi connectivity index (χ0n) is 14.8. The zero-order chi connectivity index (χ0) is 18.8.